The number of hydrogen-bond donors (Lipinski definition) is 1. The maximum atomic E-state index is 14.3. The molecule has 2 aliphatic heterocycles. The van der Waals surface area contributed by atoms with Crippen LogP contribution in [0.5, 0.6) is 0 Å². The van der Waals surface area contributed by atoms with Crippen molar-refractivity contribution in [1.29, 1.82) is 0 Å². The van der Waals surface area contributed by atoms with E-state index in [2.05, 4.69) is 19.2 Å². The molecular weight excluding hydrogens is 460 g/mol. The van der Waals surface area contributed by atoms with E-state index in [9.17, 15) is 13.6 Å². The zero-order valence-electron chi connectivity index (χ0n) is 21.2. The molecule has 0 unspecified atom stereocenters. The Balaban J connectivity index is 1.77. The van der Waals surface area contributed by atoms with Gasteiger partial charge in [0.1, 0.15) is 29.9 Å². The molecule has 0 radical (unpaired) electrons. The molecule has 2 fully saturated rings. The van der Waals surface area contributed by atoms with E-state index in [1.54, 1.807) is 13.8 Å². The Labute approximate surface area is 206 Å². The number of carbonyl (C=O) groups is 1. The van der Waals surface area contributed by atoms with Gasteiger partial charge in [0.25, 0.3) is 5.91 Å². The van der Waals surface area contributed by atoms with Crippen molar-refractivity contribution >= 4 is 5.91 Å². The molecule has 0 aliphatic carbocycles. The van der Waals surface area contributed by atoms with E-state index in [0.717, 1.165) is 50.7 Å². The summed E-state index contributed by atoms with van der Waals surface area (Å²) in [4.78, 5) is 13.0. The van der Waals surface area contributed by atoms with Crippen LogP contribution in [0, 0.1) is 11.6 Å². The number of benzene rings is 1. The quantitative estimate of drug-likeness (QED) is 0.373. The smallest absolute Gasteiger partial charge is 0.254 e. The van der Waals surface area contributed by atoms with E-state index in [-0.39, 0.29) is 12.2 Å². The number of amides is 1. The van der Waals surface area contributed by atoms with Gasteiger partial charge in [0.2, 0.25) is 0 Å². The van der Waals surface area contributed by atoms with Gasteiger partial charge < -0.3 is 29.0 Å². The van der Waals surface area contributed by atoms with Crippen LogP contribution in [0.2, 0.25) is 0 Å². The molecule has 198 valence electrons. The minimum atomic E-state index is -0.940. The van der Waals surface area contributed by atoms with Crippen molar-refractivity contribution < 1.29 is 37.3 Å². The lowest BCUT2D eigenvalue weighted by Gasteiger charge is -2.31. The molecular formula is C26H39F2NO6. The van der Waals surface area contributed by atoms with Crippen molar-refractivity contribution in [2.45, 2.75) is 103 Å². The van der Waals surface area contributed by atoms with Crippen LogP contribution in [0.4, 0.5) is 8.78 Å². The Hall–Kier alpha value is -1.65. The third-order valence-electron chi connectivity index (χ3n) is 6.18. The second-order valence-corrected chi connectivity index (χ2v) is 9.59. The molecule has 1 aromatic rings. The highest BCUT2D eigenvalue weighted by atomic mass is 19.1. The molecule has 1 amide bonds. The van der Waals surface area contributed by atoms with Crippen LogP contribution in [-0.4, -0.2) is 62.2 Å². The number of nitrogens with one attached hydrogen (secondary N) is 1. The number of ether oxygens (including phenoxy) is 5. The summed E-state index contributed by atoms with van der Waals surface area (Å²) in [6.07, 6.45) is 3.62. The topological polar surface area (TPSA) is 75.2 Å². The summed E-state index contributed by atoms with van der Waals surface area (Å²) in [5.74, 6) is -3.29. The number of hydrogen-bond acceptors (Lipinski definition) is 6. The van der Waals surface area contributed by atoms with E-state index in [1.165, 1.54) is 0 Å². The minimum Gasteiger partial charge on any atom is -0.379 e. The zero-order chi connectivity index (χ0) is 25.4. The van der Waals surface area contributed by atoms with Gasteiger partial charge in [-0.25, -0.2) is 8.78 Å². The van der Waals surface area contributed by atoms with E-state index in [0.29, 0.717) is 19.3 Å². The second-order valence-electron chi connectivity index (χ2n) is 9.59. The number of unbranched alkanes of at least 4 members (excludes halogenated alkanes) is 4. The first-order chi connectivity index (χ1) is 16.8. The maximum absolute atomic E-state index is 14.3. The molecule has 1 aromatic carbocycles. The van der Waals surface area contributed by atoms with Crippen molar-refractivity contribution in [3.05, 3.63) is 35.4 Å². The average Bonchev–Trinajstić information content (AvgIpc) is 3.27. The molecule has 35 heavy (non-hydrogen) atoms. The van der Waals surface area contributed by atoms with Crippen molar-refractivity contribution in [3.63, 3.8) is 0 Å². The van der Waals surface area contributed by atoms with Crippen LogP contribution in [0.25, 0.3) is 0 Å². The van der Waals surface area contributed by atoms with E-state index in [4.69, 9.17) is 23.7 Å². The summed E-state index contributed by atoms with van der Waals surface area (Å²) in [6.45, 7) is 9.17. The summed E-state index contributed by atoms with van der Waals surface area (Å²) in [7, 11) is 0. The summed E-state index contributed by atoms with van der Waals surface area (Å²) in [5, 5.41) is 2.84. The Morgan fingerprint density at radius 3 is 2.49 bits per heavy atom. The highest BCUT2D eigenvalue weighted by Crippen LogP contribution is 2.39. The van der Waals surface area contributed by atoms with E-state index < -0.39 is 54.0 Å². The van der Waals surface area contributed by atoms with Gasteiger partial charge in [-0.3, -0.25) is 4.79 Å². The fourth-order valence-electron chi connectivity index (χ4n) is 4.40. The van der Waals surface area contributed by atoms with Gasteiger partial charge in [-0.2, -0.15) is 0 Å². The molecule has 0 bridgehead atoms. The molecule has 2 heterocycles. The molecule has 2 aliphatic rings. The van der Waals surface area contributed by atoms with Gasteiger partial charge in [-0.15, -0.1) is 0 Å². The Morgan fingerprint density at radius 1 is 1.09 bits per heavy atom. The van der Waals surface area contributed by atoms with Crippen molar-refractivity contribution in [1.82, 2.24) is 5.32 Å². The van der Waals surface area contributed by atoms with Gasteiger partial charge >= 0.3 is 0 Å². The number of fused-ring (bicyclic) bond motifs is 1. The molecule has 3 rings (SSSR count). The number of carbonyl (C=O) groups excluding carboxylic acids is 1. The minimum absolute atomic E-state index is 0.261. The standard InChI is InChI=1S/C26H39F2NO6/c1-5-7-9-13-31-16-20(32-14-10-8-6-2)22-21(23-25(33-22)35-26(3,4)34-23)29-24(30)18-12-11-17(27)15-19(18)28/h11-12,15,20-23,25H,5-10,13-14,16H2,1-4H3,(H,29,30)/t20-,21+,22-,23-,25-/m1/s1. The second kappa shape index (κ2) is 13.1. The molecule has 0 spiro atoms. The Bertz CT molecular complexity index is 823. The highest BCUT2D eigenvalue weighted by molar-refractivity contribution is 5.94. The lowest BCUT2D eigenvalue weighted by molar-refractivity contribution is -0.223. The van der Waals surface area contributed by atoms with Crippen molar-refractivity contribution in [2.24, 2.45) is 0 Å². The largest absolute Gasteiger partial charge is 0.379 e. The lowest BCUT2D eigenvalue weighted by Crippen LogP contribution is -2.53. The lowest BCUT2D eigenvalue weighted by atomic mass is 10.0. The number of halogens is 2. The van der Waals surface area contributed by atoms with Gasteiger partial charge in [0, 0.05) is 19.3 Å². The third kappa shape index (κ3) is 7.67. The van der Waals surface area contributed by atoms with Gasteiger partial charge in [0.15, 0.2) is 12.1 Å². The highest BCUT2D eigenvalue weighted by Gasteiger charge is 2.57. The van der Waals surface area contributed by atoms with Crippen LogP contribution >= 0.6 is 0 Å². The molecule has 5 atom stereocenters. The van der Waals surface area contributed by atoms with E-state index in [1.807, 2.05) is 0 Å². The molecule has 7 nitrogen and oxygen atoms in total. The predicted molar refractivity (Wildman–Crippen MR) is 126 cm³/mol. The first-order valence-corrected chi connectivity index (χ1v) is 12.7. The van der Waals surface area contributed by atoms with Gasteiger partial charge in [-0.05, 0) is 38.8 Å². The third-order valence-corrected chi connectivity index (χ3v) is 6.18. The van der Waals surface area contributed by atoms with Crippen LogP contribution in [0.3, 0.4) is 0 Å². The predicted octanol–water partition coefficient (Wildman–Crippen LogP) is 4.72. The number of rotatable bonds is 14. The fraction of sp³-hybridized carbons (Fsp3) is 0.731. The average molecular weight is 500 g/mol. The molecule has 2 saturated heterocycles. The normalized spacial score (nSPS) is 26.0. The summed E-state index contributed by atoms with van der Waals surface area (Å²) >= 11 is 0. The Morgan fingerprint density at radius 2 is 1.80 bits per heavy atom. The first kappa shape index (κ1) is 27.9. The molecule has 1 N–H and O–H groups in total. The first-order valence-electron chi connectivity index (χ1n) is 12.7. The summed E-state index contributed by atoms with van der Waals surface area (Å²) in [6, 6.07) is 2.16. The molecule has 0 aromatic heterocycles. The Kier molecular flexibility index (Phi) is 10.4. The van der Waals surface area contributed by atoms with E-state index >= 15 is 0 Å². The van der Waals surface area contributed by atoms with Crippen LogP contribution in [0.1, 0.15) is 76.6 Å². The van der Waals surface area contributed by atoms with Gasteiger partial charge in [-0.1, -0.05) is 39.5 Å². The van der Waals surface area contributed by atoms with Crippen LogP contribution in [0.15, 0.2) is 18.2 Å². The maximum Gasteiger partial charge on any atom is 0.254 e. The van der Waals surface area contributed by atoms with Crippen LogP contribution in [-0.2, 0) is 23.7 Å². The van der Waals surface area contributed by atoms with Crippen molar-refractivity contribution in [2.75, 3.05) is 19.8 Å². The van der Waals surface area contributed by atoms with Gasteiger partial charge in [0.05, 0.1) is 18.2 Å². The zero-order valence-corrected chi connectivity index (χ0v) is 21.2. The summed E-state index contributed by atoms with van der Waals surface area (Å²) < 4.78 is 57.9. The summed E-state index contributed by atoms with van der Waals surface area (Å²) in [5.41, 5.74) is -0.261. The fourth-order valence-corrected chi connectivity index (χ4v) is 4.40. The molecule has 0 saturated carbocycles. The molecule has 9 heteroatoms. The van der Waals surface area contributed by atoms with Crippen LogP contribution < -0.4 is 5.32 Å². The monoisotopic (exact) mass is 499 g/mol. The SMILES string of the molecule is CCCCCOC[C@@H](OCCCCC)[C@H]1O[C@@H]2OC(C)(C)O[C@@H]2[C@H]1NC(=O)c1ccc(F)cc1F. The van der Waals surface area contributed by atoms with Crippen molar-refractivity contribution in [3.8, 4) is 0 Å².